The van der Waals surface area contributed by atoms with Crippen LogP contribution in [0.3, 0.4) is 0 Å². The van der Waals surface area contributed by atoms with E-state index >= 15 is 0 Å². The monoisotopic (exact) mass is 224 g/mol. The lowest BCUT2D eigenvalue weighted by atomic mass is 9.89. The van der Waals surface area contributed by atoms with Crippen LogP contribution < -0.4 is 4.74 Å². The van der Waals surface area contributed by atoms with E-state index in [4.69, 9.17) is 4.74 Å². The standard InChI is InChI=1S/C15H12O2/c16-15-12-8-4-5-9-14(12)17-10-13(15)11-6-2-1-3-7-11/h1-9,13H,10H2/t13-/m0/s1. The zero-order chi connectivity index (χ0) is 11.7. The third kappa shape index (κ3) is 1.72. The molecule has 0 aromatic heterocycles. The van der Waals surface area contributed by atoms with E-state index in [0.717, 1.165) is 5.56 Å². The highest BCUT2D eigenvalue weighted by Crippen LogP contribution is 2.31. The molecule has 1 atom stereocenters. The minimum absolute atomic E-state index is 0.151. The molecule has 0 fully saturated rings. The molecule has 1 aliphatic heterocycles. The van der Waals surface area contributed by atoms with Crippen LogP contribution in [-0.2, 0) is 0 Å². The lowest BCUT2D eigenvalue weighted by Gasteiger charge is -2.24. The number of Topliss-reactive ketones (excluding diaryl/α,β-unsaturated/α-hetero) is 1. The Morgan fingerprint density at radius 3 is 2.47 bits per heavy atom. The molecule has 3 rings (SSSR count). The molecule has 1 aliphatic rings. The number of para-hydroxylation sites is 1. The van der Waals surface area contributed by atoms with Crippen LogP contribution in [0.5, 0.6) is 5.75 Å². The van der Waals surface area contributed by atoms with E-state index in [1.807, 2.05) is 54.6 Å². The predicted octanol–water partition coefficient (Wildman–Crippen LogP) is 3.05. The Bertz CT molecular complexity index is 546. The largest absolute Gasteiger partial charge is 0.492 e. The predicted molar refractivity (Wildman–Crippen MR) is 65.5 cm³/mol. The highest BCUT2D eigenvalue weighted by atomic mass is 16.5. The van der Waals surface area contributed by atoms with Gasteiger partial charge in [-0.2, -0.15) is 0 Å². The van der Waals surface area contributed by atoms with Gasteiger partial charge in [0.1, 0.15) is 12.4 Å². The molecule has 0 saturated heterocycles. The Hall–Kier alpha value is -2.09. The van der Waals surface area contributed by atoms with Crippen LogP contribution >= 0.6 is 0 Å². The Morgan fingerprint density at radius 1 is 0.941 bits per heavy atom. The van der Waals surface area contributed by atoms with Crippen molar-refractivity contribution in [2.24, 2.45) is 0 Å². The lowest BCUT2D eigenvalue weighted by molar-refractivity contribution is 0.0896. The van der Waals surface area contributed by atoms with Crippen molar-refractivity contribution in [2.45, 2.75) is 5.92 Å². The van der Waals surface area contributed by atoms with Gasteiger partial charge in [0.15, 0.2) is 5.78 Å². The highest BCUT2D eigenvalue weighted by Gasteiger charge is 2.29. The maximum absolute atomic E-state index is 12.3. The minimum atomic E-state index is -0.175. The molecule has 0 saturated carbocycles. The van der Waals surface area contributed by atoms with Gasteiger partial charge in [-0.1, -0.05) is 42.5 Å². The maximum Gasteiger partial charge on any atom is 0.177 e. The van der Waals surface area contributed by atoms with E-state index in [1.54, 1.807) is 0 Å². The Kier molecular flexibility index (Phi) is 2.41. The average molecular weight is 224 g/mol. The summed E-state index contributed by atoms with van der Waals surface area (Å²) in [5.41, 5.74) is 1.71. The molecule has 0 spiro atoms. The van der Waals surface area contributed by atoms with Gasteiger partial charge in [-0.3, -0.25) is 4.79 Å². The third-order valence-electron chi connectivity index (χ3n) is 3.08. The van der Waals surface area contributed by atoms with Crippen LogP contribution in [0.1, 0.15) is 21.8 Å². The van der Waals surface area contributed by atoms with Gasteiger partial charge < -0.3 is 4.74 Å². The molecule has 17 heavy (non-hydrogen) atoms. The topological polar surface area (TPSA) is 26.3 Å². The number of rotatable bonds is 1. The van der Waals surface area contributed by atoms with Gasteiger partial charge in [0.25, 0.3) is 0 Å². The summed E-state index contributed by atoms with van der Waals surface area (Å²) >= 11 is 0. The lowest BCUT2D eigenvalue weighted by Crippen LogP contribution is -2.25. The smallest absolute Gasteiger partial charge is 0.177 e. The first kappa shape index (κ1) is 10.1. The van der Waals surface area contributed by atoms with Crippen molar-refractivity contribution in [1.29, 1.82) is 0 Å². The molecular weight excluding hydrogens is 212 g/mol. The summed E-state index contributed by atoms with van der Waals surface area (Å²) in [6, 6.07) is 17.2. The van der Waals surface area contributed by atoms with Gasteiger partial charge in [-0.15, -0.1) is 0 Å². The van der Waals surface area contributed by atoms with Crippen LogP contribution in [0, 0.1) is 0 Å². The van der Waals surface area contributed by atoms with Crippen molar-refractivity contribution in [3.05, 3.63) is 65.7 Å². The number of fused-ring (bicyclic) bond motifs is 1. The number of ether oxygens (including phenoxy) is 1. The van der Waals surface area contributed by atoms with E-state index in [9.17, 15) is 4.79 Å². The zero-order valence-electron chi connectivity index (χ0n) is 9.30. The van der Waals surface area contributed by atoms with Gasteiger partial charge >= 0.3 is 0 Å². The van der Waals surface area contributed by atoms with Crippen molar-refractivity contribution < 1.29 is 9.53 Å². The molecule has 2 heteroatoms. The van der Waals surface area contributed by atoms with Crippen LogP contribution in [0.15, 0.2) is 54.6 Å². The van der Waals surface area contributed by atoms with Crippen molar-refractivity contribution in [2.75, 3.05) is 6.61 Å². The number of carbonyl (C=O) groups is 1. The van der Waals surface area contributed by atoms with E-state index in [1.165, 1.54) is 0 Å². The first-order valence-electron chi connectivity index (χ1n) is 5.67. The molecule has 0 N–H and O–H groups in total. The second-order valence-electron chi connectivity index (χ2n) is 4.13. The van der Waals surface area contributed by atoms with Gasteiger partial charge in [0, 0.05) is 0 Å². The number of benzene rings is 2. The number of hydrogen-bond acceptors (Lipinski definition) is 2. The minimum Gasteiger partial charge on any atom is -0.492 e. The van der Waals surface area contributed by atoms with Gasteiger partial charge in [0.05, 0.1) is 11.5 Å². The molecule has 2 nitrogen and oxygen atoms in total. The molecule has 0 amide bonds. The summed E-state index contributed by atoms with van der Waals surface area (Å²) < 4.78 is 5.64. The Labute approximate surface area is 99.9 Å². The number of ketones is 1. The molecule has 0 bridgehead atoms. The van der Waals surface area contributed by atoms with Crippen LogP contribution in [-0.4, -0.2) is 12.4 Å². The molecule has 2 aromatic rings. The number of hydrogen-bond donors (Lipinski definition) is 0. The van der Waals surface area contributed by atoms with E-state index in [0.29, 0.717) is 17.9 Å². The molecule has 84 valence electrons. The summed E-state index contributed by atoms with van der Waals surface area (Å²) in [6.45, 7) is 0.430. The van der Waals surface area contributed by atoms with Crippen LogP contribution in [0.25, 0.3) is 0 Å². The van der Waals surface area contributed by atoms with Crippen molar-refractivity contribution >= 4 is 5.78 Å². The van der Waals surface area contributed by atoms with Crippen molar-refractivity contribution in [1.82, 2.24) is 0 Å². The van der Waals surface area contributed by atoms with Crippen LogP contribution in [0.4, 0.5) is 0 Å². The summed E-state index contributed by atoms with van der Waals surface area (Å²) in [4.78, 5) is 12.3. The fourth-order valence-corrected chi connectivity index (χ4v) is 2.17. The summed E-state index contributed by atoms with van der Waals surface area (Å²) in [5, 5.41) is 0. The third-order valence-corrected chi connectivity index (χ3v) is 3.08. The summed E-state index contributed by atoms with van der Waals surface area (Å²) in [5.74, 6) is 0.675. The second kappa shape index (κ2) is 4.06. The Balaban J connectivity index is 2.00. The van der Waals surface area contributed by atoms with Gasteiger partial charge in [0.2, 0.25) is 0 Å². The first-order valence-corrected chi connectivity index (χ1v) is 5.67. The fourth-order valence-electron chi connectivity index (χ4n) is 2.17. The second-order valence-corrected chi connectivity index (χ2v) is 4.13. The van der Waals surface area contributed by atoms with Crippen LogP contribution in [0.2, 0.25) is 0 Å². The van der Waals surface area contributed by atoms with E-state index < -0.39 is 0 Å². The summed E-state index contributed by atoms with van der Waals surface area (Å²) in [7, 11) is 0. The van der Waals surface area contributed by atoms with Gasteiger partial charge in [-0.05, 0) is 17.7 Å². The quantitative estimate of drug-likeness (QED) is 0.744. The van der Waals surface area contributed by atoms with E-state index in [2.05, 4.69) is 0 Å². The molecule has 0 unspecified atom stereocenters. The number of carbonyl (C=O) groups excluding carboxylic acids is 1. The van der Waals surface area contributed by atoms with Crippen molar-refractivity contribution in [3.63, 3.8) is 0 Å². The average Bonchev–Trinajstić information content (AvgIpc) is 2.40. The highest BCUT2D eigenvalue weighted by molar-refractivity contribution is 6.04. The fraction of sp³-hybridized carbons (Fsp3) is 0.133. The summed E-state index contributed by atoms with van der Waals surface area (Å²) in [6.07, 6.45) is 0. The maximum atomic E-state index is 12.3. The SMILES string of the molecule is O=C1c2ccccc2OC[C@H]1c1ccccc1. The Morgan fingerprint density at radius 2 is 1.65 bits per heavy atom. The normalized spacial score (nSPS) is 18.4. The molecule has 0 aliphatic carbocycles. The molecule has 0 radical (unpaired) electrons. The molecule has 1 heterocycles. The van der Waals surface area contributed by atoms with Crippen molar-refractivity contribution in [3.8, 4) is 5.75 Å². The van der Waals surface area contributed by atoms with E-state index in [-0.39, 0.29) is 11.7 Å². The van der Waals surface area contributed by atoms with Gasteiger partial charge in [-0.25, -0.2) is 0 Å². The molecule has 2 aromatic carbocycles. The zero-order valence-corrected chi connectivity index (χ0v) is 9.30. The molecular formula is C15H12O2. The first-order chi connectivity index (χ1) is 8.36.